The highest BCUT2D eigenvalue weighted by molar-refractivity contribution is 7.91. The van der Waals surface area contributed by atoms with Gasteiger partial charge in [0.05, 0.1) is 15.4 Å². The van der Waals surface area contributed by atoms with E-state index in [9.17, 15) is 8.42 Å². The maximum absolute atomic E-state index is 12.6. The van der Waals surface area contributed by atoms with Crippen molar-refractivity contribution in [3.8, 4) is 6.07 Å². The van der Waals surface area contributed by atoms with Crippen molar-refractivity contribution in [1.29, 1.82) is 5.26 Å². The Labute approximate surface area is 165 Å². The summed E-state index contributed by atoms with van der Waals surface area (Å²) in [5.74, 6) is 0. The zero-order valence-electron chi connectivity index (χ0n) is 15.5. The molecule has 0 bridgehead atoms. The summed E-state index contributed by atoms with van der Waals surface area (Å²) in [5, 5.41) is 12.4. The Morgan fingerprint density at radius 3 is 2.29 bits per heavy atom. The summed E-state index contributed by atoms with van der Waals surface area (Å²) in [6.07, 6.45) is 0.706. The van der Waals surface area contributed by atoms with E-state index < -0.39 is 9.84 Å². The van der Waals surface area contributed by atoms with E-state index in [0.29, 0.717) is 17.7 Å². The molecule has 0 amide bonds. The molecule has 0 fully saturated rings. The topological polar surface area (TPSA) is 96.0 Å². The Morgan fingerprint density at radius 1 is 1.00 bits per heavy atom. The summed E-state index contributed by atoms with van der Waals surface area (Å²) in [6.45, 7) is 2.02. The minimum Gasteiger partial charge on any atom is -0.398 e. The molecular weight excluding hydrogens is 370 g/mol. The maximum atomic E-state index is 12.6. The molecule has 28 heavy (non-hydrogen) atoms. The first-order valence-corrected chi connectivity index (χ1v) is 10.3. The molecule has 3 aromatic carbocycles. The highest BCUT2D eigenvalue weighted by atomic mass is 32.2. The van der Waals surface area contributed by atoms with Gasteiger partial charge in [0, 0.05) is 17.4 Å². The van der Waals surface area contributed by atoms with E-state index in [1.54, 1.807) is 54.6 Å². The molecule has 5 nitrogen and oxygen atoms in total. The van der Waals surface area contributed by atoms with Crippen molar-refractivity contribution in [3.05, 3.63) is 83.9 Å². The second-order valence-corrected chi connectivity index (χ2v) is 8.57. The molecule has 0 saturated carbocycles. The van der Waals surface area contributed by atoms with Crippen LogP contribution in [0.5, 0.6) is 0 Å². The normalized spacial score (nSPS) is 12.1. The Kier molecular flexibility index (Phi) is 5.67. The number of nitrogens with one attached hydrogen (secondary N) is 1. The number of hydrogen-bond donors (Lipinski definition) is 2. The van der Waals surface area contributed by atoms with Gasteiger partial charge in [-0.15, -0.1) is 0 Å². The van der Waals surface area contributed by atoms with E-state index in [1.807, 2.05) is 25.1 Å². The first-order valence-electron chi connectivity index (χ1n) is 8.85. The number of sulfone groups is 1. The molecule has 0 aliphatic heterocycles. The summed E-state index contributed by atoms with van der Waals surface area (Å²) >= 11 is 0. The zero-order valence-corrected chi connectivity index (χ0v) is 16.3. The number of nitrogens with zero attached hydrogens (tertiary/aromatic N) is 1. The van der Waals surface area contributed by atoms with E-state index in [1.165, 1.54) is 0 Å². The molecule has 0 aliphatic rings. The van der Waals surface area contributed by atoms with Gasteiger partial charge in [-0.05, 0) is 61.4 Å². The van der Waals surface area contributed by atoms with Crippen molar-refractivity contribution in [1.82, 2.24) is 0 Å². The van der Waals surface area contributed by atoms with Gasteiger partial charge < -0.3 is 11.1 Å². The molecule has 3 N–H and O–H groups in total. The Hall–Kier alpha value is -3.30. The van der Waals surface area contributed by atoms with Crippen molar-refractivity contribution in [2.45, 2.75) is 29.2 Å². The first kappa shape index (κ1) is 19.5. The molecule has 1 unspecified atom stereocenters. The number of benzene rings is 3. The summed E-state index contributed by atoms with van der Waals surface area (Å²) in [7, 11) is -3.50. The quantitative estimate of drug-likeness (QED) is 0.619. The van der Waals surface area contributed by atoms with E-state index in [4.69, 9.17) is 11.0 Å². The van der Waals surface area contributed by atoms with Gasteiger partial charge in [0.1, 0.15) is 6.07 Å². The van der Waals surface area contributed by atoms with Gasteiger partial charge in [-0.25, -0.2) is 8.42 Å². The molecule has 1 atom stereocenters. The van der Waals surface area contributed by atoms with Gasteiger partial charge in [0.25, 0.3) is 0 Å². The van der Waals surface area contributed by atoms with E-state index in [2.05, 4.69) is 11.4 Å². The monoisotopic (exact) mass is 391 g/mol. The Balaban J connectivity index is 1.70. The van der Waals surface area contributed by atoms with Crippen LogP contribution in [0.2, 0.25) is 0 Å². The van der Waals surface area contributed by atoms with Crippen LogP contribution >= 0.6 is 0 Å². The molecule has 3 rings (SSSR count). The minimum absolute atomic E-state index is 0.0896. The lowest BCUT2D eigenvalue weighted by atomic mass is 10.1. The molecule has 6 heteroatoms. The van der Waals surface area contributed by atoms with Crippen LogP contribution in [-0.4, -0.2) is 14.5 Å². The Morgan fingerprint density at radius 2 is 1.64 bits per heavy atom. The van der Waals surface area contributed by atoms with Crippen LogP contribution in [0, 0.1) is 11.3 Å². The fourth-order valence-corrected chi connectivity index (χ4v) is 4.25. The number of hydrogen-bond acceptors (Lipinski definition) is 5. The molecule has 0 heterocycles. The van der Waals surface area contributed by atoms with Gasteiger partial charge >= 0.3 is 0 Å². The highest BCUT2D eigenvalue weighted by Crippen LogP contribution is 2.22. The molecule has 0 aliphatic carbocycles. The molecular formula is C22H21N3O2S. The van der Waals surface area contributed by atoms with Gasteiger partial charge in [-0.2, -0.15) is 5.26 Å². The summed E-state index contributed by atoms with van der Waals surface area (Å²) in [6, 6.07) is 22.8. The van der Waals surface area contributed by atoms with Crippen molar-refractivity contribution in [2.75, 3.05) is 11.1 Å². The first-order chi connectivity index (χ1) is 13.4. The molecule has 0 aromatic heterocycles. The van der Waals surface area contributed by atoms with Crippen LogP contribution in [0.1, 0.15) is 18.1 Å². The van der Waals surface area contributed by atoms with Crippen LogP contribution in [0.3, 0.4) is 0 Å². The van der Waals surface area contributed by atoms with E-state index >= 15 is 0 Å². The number of nitrogens with two attached hydrogens (primary N) is 1. The largest absolute Gasteiger partial charge is 0.398 e. The highest BCUT2D eigenvalue weighted by Gasteiger charge is 2.17. The van der Waals surface area contributed by atoms with Gasteiger partial charge in [0.15, 0.2) is 0 Å². The predicted octanol–water partition coefficient (Wildman–Crippen LogP) is 4.02. The van der Waals surface area contributed by atoms with Crippen LogP contribution in [0.25, 0.3) is 0 Å². The smallest absolute Gasteiger partial charge is 0.206 e. The maximum Gasteiger partial charge on any atom is 0.206 e. The lowest BCUT2D eigenvalue weighted by molar-refractivity contribution is 0.596. The van der Waals surface area contributed by atoms with E-state index in [0.717, 1.165) is 11.3 Å². The van der Waals surface area contributed by atoms with Gasteiger partial charge in [-0.1, -0.05) is 30.3 Å². The Bertz CT molecular complexity index is 1100. The molecule has 3 aromatic rings. The lowest BCUT2D eigenvalue weighted by Crippen LogP contribution is -2.18. The minimum atomic E-state index is -3.50. The molecule has 142 valence electrons. The standard InChI is InChI=1S/C22H21N3O2S/c1-16(25-19-9-12-22(24)18(14-19)15-23)13-17-7-10-21(11-8-17)28(26,27)20-5-3-2-4-6-20/h2-12,14,16,25H,13,24H2,1H3. The summed E-state index contributed by atoms with van der Waals surface area (Å²) in [5.41, 5.74) is 8.48. The van der Waals surface area contributed by atoms with Crippen LogP contribution < -0.4 is 11.1 Å². The third kappa shape index (κ3) is 4.33. The van der Waals surface area contributed by atoms with E-state index in [-0.39, 0.29) is 15.8 Å². The van der Waals surface area contributed by atoms with Crippen molar-refractivity contribution in [3.63, 3.8) is 0 Å². The van der Waals surface area contributed by atoms with Crippen LogP contribution in [0.4, 0.5) is 11.4 Å². The zero-order chi connectivity index (χ0) is 20.1. The number of rotatable bonds is 6. The van der Waals surface area contributed by atoms with Crippen LogP contribution in [0.15, 0.2) is 82.6 Å². The van der Waals surface area contributed by atoms with Crippen molar-refractivity contribution >= 4 is 21.2 Å². The van der Waals surface area contributed by atoms with Crippen molar-refractivity contribution in [2.24, 2.45) is 0 Å². The number of anilines is 2. The second-order valence-electron chi connectivity index (χ2n) is 6.62. The van der Waals surface area contributed by atoms with Crippen molar-refractivity contribution < 1.29 is 8.42 Å². The van der Waals surface area contributed by atoms with Crippen LogP contribution in [-0.2, 0) is 16.3 Å². The van der Waals surface area contributed by atoms with Gasteiger partial charge in [0.2, 0.25) is 9.84 Å². The average molecular weight is 391 g/mol. The number of nitrogen functional groups attached to an aromatic ring is 1. The third-order valence-electron chi connectivity index (χ3n) is 4.42. The number of nitriles is 1. The second kappa shape index (κ2) is 8.15. The summed E-state index contributed by atoms with van der Waals surface area (Å²) < 4.78 is 25.3. The van der Waals surface area contributed by atoms with Gasteiger partial charge in [-0.3, -0.25) is 0 Å². The predicted molar refractivity (Wildman–Crippen MR) is 111 cm³/mol. The fraction of sp³-hybridized carbons (Fsp3) is 0.136. The molecule has 0 spiro atoms. The molecule has 0 saturated heterocycles. The summed E-state index contributed by atoms with van der Waals surface area (Å²) in [4.78, 5) is 0.565. The molecule has 0 radical (unpaired) electrons. The SMILES string of the molecule is CC(Cc1ccc(S(=O)(=O)c2ccccc2)cc1)Nc1ccc(N)c(C#N)c1. The fourth-order valence-electron chi connectivity index (χ4n) is 2.97. The lowest BCUT2D eigenvalue weighted by Gasteiger charge is -2.16. The average Bonchev–Trinajstić information content (AvgIpc) is 2.70. The third-order valence-corrected chi connectivity index (χ3v) is 6.20.